The van der Waals surface area contributed by atoms with Gasteiger partial charge in [0.25, 0.3) is 5.72 Å². The predicted octanol–water partition coefficient (Wildman–Crippen LogP) is -1.36. The Labute approximate surface area is 53.3 Å². The van der Waals surface area contributed by atoms with E-state index in [2.05, 4.69) is 14.1 Å². The van der Waals surface area contributed by atoms with Crippen LogP contribution in [0.3, 0.4) is 0 Å². The molecule has 4 nitrogen and oxygen atoms in total. The minimum Gasteiger partial charge on any atom is -0.265 e. The summed E-state index contributed by atoms with van der Waals surface area (Å²) in [6.45, 7) is 0. The molecule has 3 aliphatic rings. The third kappa shape index (κ3) is 0.233. The van der Waals surface area contributed by atoms with Gasteiger partial charge in [0.05, 0.1) is 14.1 Å². The summed E-state index contributed by atoms with van der Waals surface area (Å²) in [4.78, 5) is 5.51. The summed E-state index contributed by atoms with van der Waals surface area (Å²) < 4.78 is 0.707. The number of quaternary nitrogens is 1. The van der Waals surface area contributed by atoms with E-state index in [9.17, 15) is 0 Å². The summed E-state index contributed by atoms with van der Waals surface area (Å²) in [6.07, 6.45) is 0. The van der Waals surface area contributed by atoms with Crippen LogP contribution < -0.4 is 5.84 Å². The molecule has 3 rings (SSSR count). The van der Waals surface area contributed by atoms with Crippen LogP contribution in [0, 0.1) is 0 Å². The quantitative estimate of drug-likeness (QED) is 0.249. The molecule has 1 saturated carbocycles. The second kappa shape index (κ2) is 0.769. The van der Waals surface area contributed by atoms with Crippen molar-refractivity contribution in [2.75, 3.05) is 14.1 Å². The molecule has 4 heteroatoms. The lowest BCUT2D eigenvalue weighted by molar-refractivity contribution is -1.14. The molecule has 2 N–H and O–H groups in total. The molecule has 0 bridgehead atoms. The molecule has 0 aromatic heterocycles. The largest absolute Gasteiger partial charge is 0.272 e. The van der Waals surface area contributed by atoms with Crippen molar-refractivity contribution in [2.24, 2.45) is 5.84 Å². The van der Waals surface area contributed by atoms with Crippen molar-refractivity contribution in [1.82, 2.24) is 5.01 Å². The summed E-state index contributed by atoms with van der Waals surface area (Å²) in [6, 6.07) is 1.23. The van der Waals surface area contributed by atoms with Crippen LogP contribution in [0.1, 0.15) is 0 Å². The molecule has 1 aliphatic carbocycles. The average molecular weight is 128 g/mol. The van der Waals surface area contributed by atoms with Gasteiger partial charge in [-0.1, -0.05) is 0 Å². The number of hydrogen-bond acceptors (Lipinski definition) is 3. The van der Waals surface area contributed by atoms with Crippen molar-refractivity contribution in [2.45, 2.75) is 17.8 Å². The van der Waals surface area contributed by atoms with E-state index in [1.807, 2.05) is 0 Å². The maximum absolute atomic E-state index is 5.51. The molecule has 4 atom stereocenters. The van der Waals surface area contributed by atoms with Crippen molar-refractivity contribution in [3.63, 3.8) is 0 Å². The van der Waals surface area contributed by atoms with E-state index in [4.69, 9.17) is 10.7 Å². The standard InChI is InChI=1S/C5H10N3O/c1-8(2)4-3-5(4,9-8)7(3)6/h3-4H,6H2,1-2H3/q+1. The van der Waals surface area contributed by atoms with E-state index in [1.165, 1.54) is 0 Å². The summed E-state index contributed by atoms with van der Waals surface area (Å²) in [7, 11) is 4.13. The highest BCUT2D eigenvalue weighted by Gasteiger charge is 3.05. The average Bonchev–Trinajstić information content (AvgIpc) is 2.46. The van der Waals surface area contributed by atoms with Gasteiger partial charge in [0.15, 0.2) is 6.04 Å². The molecule has 2 saturated heterocycles. The summed E-state index contributed by atoms with van der Waals surface area (Å²) in [5.41, 5.74) is 0.0312. The number of likely N-dealkylation sites (N-methyl/N-ethyl adjacent to an activating group) is 1. The van der Waals surface area contributed by atoms with Crippen LogP contribution in [0.25, 0.3) is 0 Å². The fraction of sp³-hybridized carbons (Fsp3) is 1.00. The molecule has 2 heterocycles. The van der Waals surface area contributed by atoms with Crippen molar-refractivity contribution in [1.29, 1.82) is 0 Å². The van der Waals surface area contributed by atoms with Crippen LogP contribution >= 0.6 is 0 Å². The zero-order valence-electron chi connectivity index (χ0n) is 5.53. The van der Waals surface area contributed by atoms with Gasteiger partial charge < -0.3 is 0 Å². The van der Waals surface area contributed by atoms with Crippen LogP contribution in [0.15, 0.2) is 0 Å². The Morgan fingerprint density at radius 2 is 2.33 bits per heavy atom. The summed E-state index contributed by atoms with van der Waals surface area (Å²) in [5, 5.41) is 1.79. The third-order valence-electron chi connectivity index (χ3n) is 2.72. The summed E-state index contributed by atoms with van der Waals surface area (Å²) in [5.74, 6) is 5.51. The number of fused-ring (bicyclic) bond motifs is 1. The molecule has 4 unspecified atom stereocenters. The van der Waals surface area contributed by atoms with Gasteiger partial charge in [0.1, 0.15) is 6.04 Å². The lowest BCUT2D eigenvalue weighted by Gasteiger charge is -2.41. The SMILES string of the molecule is C[N+]1(C)OC23C(C21)N3N. The molecule has 50 valence electrons. The first-order valence-electron chi connectivity index (χ1n) is 3.19. The number of nitrogens with zero attached hydrogens (tertiary/aromatic N) is 2. The smallest absolute Gasteiger partial charge is 0.265 e. The highest BCUT2D eigenvalue weighted by molar-refractivity contribution is 5.37. The topological polar surface area (TPSA) is 38.3 Å². The minimum absolute atomic E-state index is 0.0312. The number of hydrazine groups is 1. The van der Waals surface area contributed by atoms with E-state index < -0.39 is 0 Å². The van der Waals surface area contributed by atoms with Crippen LogP contribution in [-0.2, 0) is 4.84 Å². The Bertz CT molecular complexity index is 204. The van der Waals surface area contributed by atoms with E-state index >= 15 is 0 Å². The maximum Gasteiger partial charge on any atom is 0.272 e. The number of nitrogens with two attached hydrogens (primary N) is 1. The first-order valence-corrected chi connectivity index (χ1v) is 3.19. The Kier molecular flexibility index (Phi) is 0.395. The van der Waals surface area contributed by atoms with Crippen LogP contribution in [0.4, 0.5) is 0 Å². The monoisotopic (exact) mass is 128 g/mol. The Hall–Kier alpha value is -0.160. The Morgan fingerprint density at radius 3 is 2.44 bits per heavy atom. The van der Waals surface area contributed by atoms with Crippen molar-refractivity contribution in [3.8, 4) is 0 Å². The van der Waals surface area contributed by atoms with Crippen LogP contribution in [0.5, 0.6) is 0 Å². The molecule has 0 amide bonds. The van der Waals surface area contributed by atoms with Gasteiger partial charge >= 0.3 is 0 Å². The molecule has 0 aromatic rings. The Morgan fingerprint density at radius 1 is 1.67 bits per heavy atom. The number of hydrogen-bond donors (Lipinski definition) is 1. The number of hydroxylamine groups is 3. The van der Waals surface area contributed by atoms with Gasteiger partial charge in [0, 0.05) is 0 Å². The van der Waals surface area contributed by atoms with E-state index in [0.29, 0.717) is 16.7 Å². The first kappa shape index (κ1) is 4.62. The van der Waals surface area contributed by atoms with Crippen LogP contribution in [0.2, 0.25) is 0 Å². The zero-order valence-corrected chi connectivity index (χ0v) is 5.53. The highest BCUT2D eigenvalue weighted by Crippen LogP contribution is 2.73. The molecule has 1 spiro atoms. The first-order chi connectivity index (χ1) is 4.11. The van der Waals surface area contributed by atoms with E-state index in [0.717, 1.165) is 0 Å². The zero-order chi connectivity index (χ0) is 6.44. The van der Waals surface area contributed by atoms with Gasteiger partial charge in [0.2, 0.25) is 0 Å². The second-order valence-corrected chi connectivity index (χ2v) is 3.57. The van der Waals surface area contributed by atoms with Gasteiger partial charge in [-0.25, -0.2) is 0 Å². The normalized spacial score (nSPS) is 71.7. The maximum atomic E-state index is 5.51. The molecule has 0 radical (unpaired) electrons. The van der Waals surface area contributed by atoms with Gasteiger partial charge in [-0.15, -0.1) is 0 Å². The van der Waals surface area contributed by atoms with Gasteiger partial charge in [-0.05, 0) is 0 Å². The van der Waals surface area contributed by atoms with Gasteiger partial charge in [-0.3, -0.25) is 5.84 Å². The van der Waals surface area contributed by atoms with Crippen molar-refractivity contribution < 1.29 is 9.48 Å². The lowest BCUT2D eigenvalue weighted by Crippen LogP contribution is -2.65. The Balaban J connectivity index is 1.91. The molecule has 0 aromatic carbocycles. The highest BCUT2D eigenvalue weighted by atomic mass is 16.8. The molecule has 3 fully saturated rings. The second-order valence-electron chi connectivity index (χ2n) is 3.57. The summed E-state index contributed by atoms with van der Waals surface area (Å²) >= 11 is 0. The van der Waals surface area contributed by atoms with Gasteiger partial charge in [-0.2, -0.15) is 14.5 Å². The lowest BCUT2D eigenvalue weighted by atomic mass is 10.4. The molecule has 9 heavy (non-hydrogen) atoms. The number of rotatable bonds is 0. The molecule has 2 aliphatic heterocycles. The minimum atomic E-state index is 0.0312. The van der Waals surface area contributed by atoms with E-state index in [1.54, 1.807) is 5.01 Å². The fourth-order valence-corrected chi connectivity index (χ4v) is 2.20. The fourth-order valence-electron chi connectivity index (χ4n) is 2.20. The molecular weight excluding hydrogens is 118 g/mol. The van der Waals surface area contributed by atoms with Crippen molar-refractivity contribution >= 4 is 0 Å². The third-order valence-corrected chi connectivity index (χ3v) is 2.72. The van der Waals surface area contributed by atoms with E-state index in [-0.39, 0.29) is 5.72 Å². The van der Waals surface area contributed by atoms with Crippen LogP contribution in [-0.4, -0.2) is 41.6 Å². The predicted molar refractivity (Wildman–Crippen MR) is 29.5 cm³/mol. The molecular formula is C5H10N3O+. The van der Waals surface area contributed by atoms with Crippen molar-refractivity contribution in [3.05, 3.63) is 0 Å².